The van der Waals surface area contributed by atoms with Gasteiger partial charge in [0.05, 0.1) is 0 Å². The van der Waals surface area contributed by atoms with Gasteiger partial charge in [-0.2, -0.15) is 0 Å². The van der Waals surface area contributed by atoms with Crippen LogP contribution in [0.4, 0.5) is 0 Å². The molecule has 0 aliphatic heterocycles. The van der Waals surface area contributed by atoms with Crippen molar-refractivity contribution in [3.05, 3.63) is 71.3 Å². The Hall–Kier alpha value is -1.64. The van der Waals surface area contributed by atoms with Crippen molar-refractivity contribution >= 4 is 0 Å². The van der Waals surface area contributed by atoms with Crippen molar-refractivity contribution in [1.82, 2.24) is 10.2 Å². The van der Waals surface area contributed by atoms with Gasteiger partial charge in [0.2, 0.25) is 0 Å². The van der Waals surface area contributed by atoms with Crippen molar-refractivity contribution < 1.29 is 0 Å². The van der Waals surface area contributed by atoms with Crippen molar-refractivity contribution in [1.29, 1.82) is 0 Å². The molecule has 0 aliphatic carbocycles. The van der Waals surface area contributed by atoms with Crippen LogP contribution in [0.3, 0.4) is 0 Å². The molecule has 2 nitrogen and oxygen atoms in total. The molecule has 2 aromatic carbocycles. The van der Waals surface area contributed by atoms with E-state index in [0.29, 0.717) is 0 Å². The van der Waals surface area contributed by atoms with E-state index in [0.717, 1.165) is 45.1 Å². The van der Waals surface area contributed by atoms with Gasteiger partial charge in [-0.25, -0.2) is 0 Å². The van der Waals surface area contributed by atoms with Crippen LogP contribution < -0.4 is 5.32 Å². The fourth-order valence-electron chi connectivity index (χ4n) is 2.81. The van der Waals surface area contributed by atoms with Crippen LogP contribution in [0.15, 0.2) is 54.6 Å². The highest BCUT2D eigenvalue weighted by Gasteiger charge is 2.05. The lowest BCUT2D eigenvalue weighted by atomic mass is 10.1. The molecule has 0 heterocycles. The second-order valence-electron chi connectivity index (χ2n) is 6.95. The Balaban J connectivity index is 1.81. The summed E-state index contributed by atoms with van der Waals surface area (Å²) in [5, 5.41) is 3.51. The summed E-state index contributed by atoms with van der Waals surface area (Å²) in [4.78, 5) is 2.48. The number of nitrogens with zero attached hydrogens (tertiary/aromatic N) is 1. The lowest BCUT2D eigenvalue weighted by molar-refractivity contribution is 0.271. The molecule has 24 heavy (non-hydrogen) atoms. The Bertz CT molecular complexity index is 560. The third kappa shape index (κ3) is 6.86. The first-order valence-corrected chi connectivity index (χ1v) is 9.22. The molecule has 0 amide bonds. The van der Waals surface area contributed by atoms with Crippen LogP contribution in [0.2, 0.25) is 0 Å². The first kappa shape index (κ1) is 18.7. The van der Waals surface area contributed by atoms with E-state index in [1.807, 2.05) is 0 Å². The quantitative estimate of drug-likeness (QED) is 0.648. The van der Waals surface area contributed by atoms with Crippen molar-refractivity contribution in [2.45, 2.75) is 40.3 Å². The smallest absolute Gasteiger partial charge is 0.0237 e. The maximum Gasteiger partial charge on any atom is 0.0237 e. The molecule has 0 bridgehead atoms. The predicted octanol–water partition coefficient (Wildman–Crippen LogP) is 4.50. The SMILES string of the molecule is CCN(Cc1ccccc1)Cc1ccc(CCNCC(C)C)cc1. The molecule has 2 rings (SSSR count). The Morgan fingerprint density at radius 2 is 1.42 bits per heavy atom. The molecule has 0 saturated carbocycles. The summed E-state index contributed by atoms with van der Waals surface area (Å²) >= 11 is 0. The highest BCUT2D eigenvalue weighted by atomic mass is 15.1. The molecule has 0 aromatic heterocycles. The molecule has 2 heteroatoms. The van der Waals surface area contributed by atoms with Gasteiger partial charge in [-0.3, -0.25) is 4.90 Å². The normalized spacial score (nSPS) is 11.4. The summed E-state index contributed by atoms with van der Waals surface area (Å²) < 4.78 is 0. The average Bonchev–Trinajstić information content (AvgIpc) is 2.60. The van der Waals surface area contributed by atoms with Crippen molar-refractivity contribution in [2.75, 3.05) is 19.6 Å². The van der Waals surface area contributed by atoms with E-state index in [1.165, 1.54) is 16.7 Å². The van der Waals surface area contributed by atoms with Crippen LogP contribution in [0.1, 0.15) is 37.5 Å². The topological polar surface area (TPSA) is 15.3 Å². The molecule has 0 spiro atoms. The maximum absolute atomic E-state index is 3.51. The lowest BCUT2D eigenvalue weighted by Crippen LogP contribution is -2.22. The average molecular weight is 325 g/mol. The third-order valence-corrected chi connectivity index (χ3v) is 4.27. The predicted molar refractivity (Wildman–Crippen MR) is 104 cm³/mol. The number of hydrogen-bond donors (Lipinski definition) is 1. The van der Waals surface area contributed by atoms with E-state index in [-0.39, 0.29) is 0 Å². The number of rotatable bonds is 10. The number of benzene rings is 2. The van der Waals surface area contributed by atoms with Gasteiger partial charge in [0, 0.05) is 13.1 Å². The molecule has 1 N–H and O–H groups in total. The fourth-order valence-corrected chi connectivity index (χ4v) is 2.81. The summed E-state index contributed by atoms with van der Waals surface area (Å²) in [5.74, 6) is 0.719. The molecule has 2 aromatic rings. The molecule has 0 saturated heterocycles. The van der Waals surface area contributed by atoms with Gasteiger partial charge in [-0.05, 0) is 48.7 Å². The summed E-state index contributed by atoms with van der Waals surface area (Å²) in [6.07, 6.45) is 1.11. The van der Waals surface area contributed by atoms with E-state index >= 15 is 0 Å². The van der Waals surface area contributed by atoms with Crippen LogP contribution in [0, 0.1) is 5.92 Å². The highest BCUT2D eigenvalue weighted by molar-refractivity contribution is 5.23. The first-order valence-electron chi connectivity index (χ1n) is 9.22. The van der Waals surface area contributed by atoms with Gasteiger partial charge in [0.1, 0.15) is 0 Å². The highest BCUT2D eigenvalue weighted by Crippen LogP contribution is 2.11. The third-order valence-electron chi connectivity index (χ3n) is 4.27. The van der Waals surface area contributed by atoms with Gasteiger partial charge in [-0.1, -0.05) is 75.4 Å². The molecule has 0 fully saturated rings. The standard InChI is InChI=1S/C22H32N2/c1-4-24(17-21-8-6-5-7-9-21)18-22-12-10-20(11-13-22)14-15-23-16-19(2)3/h5-13,19,23H,4,14-18H2,1-3H3. The summed E-state index contributed by atoms with van der Waals surface area (Å²) in [7, 11) is 0. The zero-order valence-corrected chi connectivity index (χ0v) is 15.5. The van der Waals surface area contributed by atoms with Crippen LogP contribution in [-0.2, 0) is 19.5 Å². The molecule has 0 radical (unpaired) electrons. The van der Waals surface area contributed by atoms with Crippen LogP contribution >= 0.6 is 0 Å². The van der Waals surface area contributed by atoms with Crippen molar-refractivity contribution in [3.63, 3.8) is 0 Å². The summed E-state index contributed by atoms with van der Waals surface area (Å²) in [5.41, 5.74) is 4.19. The molecule has 0 aliphatic rings. The van der Waals surface area contributed by atoms with Crippen LogP contribution in [-0.4, -0.2) is 24.5 Å². The maximum atomic E-state index is 3.51. The Morgan fingerprint density at radius 1 is 0.833 bits per heavy atom. The summed E-state index contributed by atoms with van der Waals surface area (Å²) in [6, 6.07) is 19.8. The van der Waals surface area contributed by atoms with Gasteiger partial charge in [0.15, 0.2) is 0 Å². The van der Waals surface area contributed by atoms with E-state index in [1.54, 1.807) is 0 Å². The Kier molecular flexibility index (Phi) is 8.00. The zero-order chi connectivity index (χ0) is 17.2. The van der Waals surface area contributed by atoms with Crippen LogP contribution in [0.5, 0.6) is 0 Å². The lowest BCUT2D eigenvalue weighted by Gasteiger charge is -2.20. The van der Waals surface area contributed by atoms with E-state index in [4.69, 9.17) is 0 Å². The molecule has 0 atom stereocenters. The minimum absolute atomic E-state index is 0.719. The number of hydrogen-bond acceptors (Lipinski definition) is 2. The Labute approximate surface area is 147 Å². The van der Waals surface area contributed by atoms with E-state index < -0.39 is 0 Å². The van der Waals surface area contributed by atoms with Crippen molar-refractivity contribution in [2.24, 2.45) is 5.92 Å². The molecule has 0 unspecified atom stereocenters. The second kappa shape index (κ2) is 10.3. The fraction of sp³-hybridized carbons (Fsp3) is 0.455. The second-order valence-corrected chi connectivity index (χ2v) is 6.95. The number of nitrogens with one attached hydrogen (secondary N) is 1. The minimum atomic E-state index is 0.719. The van der Waals surface area contributed by atoms with Gasteiger partial charge in [-0.15, -0.1) is 0 Å². The van der Waals surface area contributed by atoms with E-state index in [9.17, 15) is 0 Å². The van der Waals surface area contributed by atoms with Gasteiger partial charge in [0.25, 0.3) is 0 Å². The van der Waals surface area contributed by atoms with Gasteiger partial charge >= 0.3 is 0 Å². The molecular formula is C22H32N2. The Morgan fingerprint density at radius 3 is 2.00 bits per heavy atom. The molecular weight excluding hydrogens is 292 g/mol. The largest absolute Gasteiger partial charge is 0.316 e. The molecule has 130 valence electrons. The first-order chi connectivity index (χ1) is 11.7. The monoisotopic (exact) mass is 324 g/mol. The minimum Gasteiger partial charge on any atom is -0.316 e. The van der Waals surface area contributed by atoms with E-state index in [2.05, 4.69) is 85.6 Å². The summed E-state index contributed by atoms with van der Waals surface area (Å²) in [6.45, 7) is 12.0. The van der Waals surface area contributed by atoms with Crippen molar-refractivity contribution in [3.8, 4) is 0 Å². The van der Waals surface area contributed by atoms with Crippen LogP contribution in [0.25, 0.3) is 0 Å². The van der Waals surface area contributed by atoms with Gasteiger partial charge < -0.3 is 5.32 Å². The zero-order valence-electron chi connectivity index (χ0n) is 15.5.